The normalized spacial score (nSPS) is 11.8. The molecule has 23 heavy (non-hydrogen) atoms. The lowest BCUT2D eigenvalue weighted by Crippen LogP contribution is -2.30. The highest BCUT2D eigenvalue weighted by molar-refractivity contribution is 8.01. The molecule has 0 bridgehead atoms. The fourth-order valence-corrected chi connectivity index (χ4v) is 3.25. The Morgan fingerprint density at radius 2 is 2.26 bits per heavy atom. The van der Waals surface area contributed by atoms with Gasteiger partial charge in [-0.25, -0.2) is 0 Å². The van der Waals surface area contributed by atoms with E-state index in [1.807, 2.05) is 32.0 Å². The van der Waals surface area contributed by atoms with Crippen LogP contribution in [0.1, 0.15) is 18.1 Å². The van der Waals surface area contributed by atoms with E-state index in [-0.39, 0.29) is 5.91 Å². The van der Waals surface area contributed by atoms with Crippen LogP contribution in [-0.2, 0) is 4.79 Å². The average molecular weight is 349 g/mol. The maximum atomic E-state index is 12.2. The van der Waals surface area contributed by atoms with Crippen LogP contribution in [0, 0.1) is 13.8 Å². The maximum Gasteiger partial charge on any atom is 0.266 e. The summed E-state index contributed by atoms with van der Waals surface area (Å²) in [5, 5.41) is 11.2. The van der Waals surface area contributed by atoms with Crippen LogP contribution in [0.3, 0.4) is 0 Å². The predicted molar refractivity (Wildman–Crippen MR) is 95.5 cm³/mol. The molecule has 1 N–H and O–H groups in total. The molecule has 0 saturated carbocycles. The van der Waals surface area contributed by atoms with Crippen molar-refractivity contribution in [3.63, 3.8) is 0 Å². The molecule has 122 valence electrons. The molecule has 0 fully saturated rings. The van der Waals surface area contributed by atoms with Crippen molar-refractivity contribution < 1.29 is 9.53 Å². The lowest BCUT2D eigenvalue weighted by Gasteiger charge is -2.15. The van der Waals surface area contributed by atoms with E-state index in [1.165, 1.54) is 23.1 Å². The third-order valence-corrected chi connectivity index (χ3v) is 4.95. The molecule has 0 unspecified atom stereocenters. The van der Waals surface area contributed by atoms with Gasteiger partial charge < -0.3 is 4.74 Å². The largest absolute Gasteiger partial charge is 0.481 e. The first-order valence-corrected chi connectivity index (χ1v) is 8.91. The van der Waals surface area contributed by atoms with Gasteiger partial charge in [-0.05, 0) is 38.0 Å². The summed E-state index contributed by atoms with van der Waals surface area (Å²) in [6.45, 7) is 9.31. The average Bonchev–Trinajstić information content (AvgIpc) is 2.96. The lowest BCUT2D eigenvalue weighted by molar-refractivity contribution is -0.122. The minimum Gasteiger partial charge on any atom is -0.481 e. The molecule has 1 heterocycles. The summed E-state index contributed by atoms with van der Waals surface area (Å²) in [4.78, 5) is 12.2. The molecule has 0 aliphatic carbocycles. The molecule has 1 aromatic heterocycles. The van der Waals surface area contributed by atoms with Crippen LogP contribution in [-0.4, -0.2) is 28.0 Å². The Morgan fingerprint density at radius 1 is 1.48 bits per heavy atom. The zero-order valence-electron chi connectivity index (χ0n) is 13.3. The number of nitrogens with zero attached hydrogens (tertiary/aromatic N) is 2. The van der Waals surface area contributed by atoms with Crippen LogP contribution in [0.2, 0.25) is 0 Å². The Bertz CT molecular complexity index is 700. The Hall–Kier alpha value is -1.86. The number of benzene rings is 1. The Kier molecular flexibility index (Phi) is 6.18. The van der Waals surface area contributed by atoms with Gasteiger partial charge in [-0.15, -0.1) is 16.8 Å². The van der Waals surface area contributed by atoms with Gasteiger partial charge in [0.15, 0.2) is 10.4 Å². The van der Waals surface area contributed by atoms with Crippen molar-refractivity contribution >= 4 is 34.1 Å². The van der Waals surface area contributed by atoms with Crippen molar-refractivity contribution in [1.29, 1.82) is 0 Å². The molecule has 2 rings (SSSR count). The van der Waals surface area contributed by atoms with Crippen LogP contribution in [0.4, 0.5) is 5.13 Å². The molecule has 1 aromatic carbocycles. The highest BCUT2D eigenvalue weighted by Gasteiger charge is 2.18. The van der Waals surface area contributed by atoms with Gasteiger partial charge in [0.25, 0.3) is 5.91 Å². The number of nitrogens with one attached hydrogen (secondary N) is 1. The van der Waals surface area contributed by atoms with Crippen molar-refractivity contribution in [2.75, 3.05) is 11.1 Å². The highest BCUT2D eigenvalue weighted by Crippen LogP contribution is 2.26. The van der Waals surface area contributed by atoms with Crippen LogP contribution in [0.15, 0.2) is 35.2 Å². The fraction of sp³-hybridized carbons (Fsp3) is 0.312. The monoisotopic (exact) mass is 349 g/mol. The number of hydrogen-bond donors (Lipinski definition) is 1. The third kappa shape index (κ3) is 5.07. The minimum absolute atomic E-state index is 0.248. The maximum absolute atomic E-state index is 12.2. The lowest BCUT2D eigenvalue weighted by atomic mass is 10.1. The quantitative estimate of drug-likeness (QED) is 0.467. The summed E-state index contributed by atoms with van der Waals surface area (Å²) < 4.78 is 6.55. The fourth-order valence-electron chi connectivity index (χ4n) is 1.73. The summed E-state index contributed by atoms with van der Waals surface area (Å²) >= 11 is 2.86. The van der Waals surface area contributed by atoms with Crippen LogP contribution >= 0.6 is 23.1 Å². The van der Waals surface area contributed by atoms with E-state index >= 15 is 0 Å². The van der Waals surface area contributed by atoms with Gasteiger partial charge in [0, 0.05) is 5.75 Å². The van der Waals surface area contributed by atoms with Crippen molar-refractivity contribution in [3.8, 4) is 5.75 Å². The van der Waals surface area contributed by atoms with E-state index in [0.717, 1.165) is 21.2 Å². The second-order valence-corrected chi connectivity index (χ2v) is 7.24. The first-order chi connectivity index (χ1) is 11.0. The first kappa shape index (κ1) is 17.5. The van der Waals surface area contributed by atoms with E-state index in [9.17, 15) is 4.79 Å². The minimum atomic E-state index is -0.622. The number of carbonyl (C=O) groups is 1. The van der Waals surface area contributed by atoms with Crippen molar-refractivity contribution in [3.05, 3.63) is 42.0 Å². The molecule has 2 aromatic rings. The van der Waals surface area contributed by atoms with E-state index in [4.69, 9.17) is 4.74 Å². The second kappa shape index (κ2) is 8.12. The topological polar surface area (TPSA) is 64.1 Å². The zero-order chi connectivity index (χ0) is 16.8. The SMILES string of the molecule is C=CCSc1nnc(NC(=O)[C@@H](C)Oc2cc(C)ccc2C)s1. The van der Waals surface area contributed by atoms with Crippen LogP contribution in [0.25, 0.3) is 0 Å². The van der Waals surface area contributed by atoms with Crippen molar-refractivity contribution in [1.82, 2.24) is 10.2 Å². The number of thioether (sulfide) groups is 1. The van der Waals surface area contributed by atoms with Gasteiger partial charge in [-0.1, -0.05) is 41.3 Å². The number of hydrogen-bond acceptors (Lipinski definition) is 6. The summed E-state index contributed by atoms with van der Waals surface area (Å²) in [7, 11) is 0. The molecule has 0 aliphatic heterocycles. The van der Waals surface area contributed by atoms with Gasteiger partial charge in [0.05, 0.1) is 0 Å². The molecule has 1 amide bonds. The number of carbonyl (C=O) groups excluding carboxylic acids is 1. The van der Waals surface area contributed by atoms with E-state index in [2.05, 4.69) is 22.1 Å². The van der Waals surface area contributed by atoms with Crippen molar-refractivity contribution in [2.45, 2.75) is 31.2 Å². The predicted octanol–water partition coefficient (Wildman–Crippen LogP) is 3.84. The molecular formula is C16H19N3O2S2. The number of amides is 1. The summed E-state index contributed by atoms with van der Waals surface area (Å²) in [6, 6.07) is 5.91. The summed E-state index contributed by atoms with van der Waals surface area (Å²) in [6.07, 6.45) is 1.17. The number of ether oxygens (including phenoxy) is 1. The van der Waals surface area contributed by atoms with Gasteiger partial charge in [-0.3, -0.25) is 10.1 Å². The standard InChI is InChI=1S/C16H19N3O2S2/c1-5-8-22-16-19-18-15(23-16)17-14(20)12(4)21-13-9-10(2)6-7-11(13)3/h5-7,9,12H,1,8H2,2-4H3,(H,17,18,20)/t12-/m1/s1. The molecule has 7 heteroatoms. The second-order valence-electron chi connectivity index (χ2n) is 4.99. The Labute approximate surface area is 144 Å². The number of rotatable bonds is 7. The van der Waals surface area contributed by atoms with Gasteiger partial charge in [-0.2, -0.15) is 0 Å². The molecule has 0 aliphatic rings. The summed E-state index contributed by atoms with van der Waals surface area (Å²) in [5.41, 5.74) is 2.08. The Balaban J connectivity index is 1.95. The van der Waals surface area contributed by atoms with Gasteiger partial charge in [0.2, 0.25) is 5.13 Å². The van der Waals surface area contributed by atoms with Gasteiger partial charge >= 0.3 is 0 Å². The van der Waals surface area contributed by atoms with E-state index < -0.39 is 6.10 Å². The van der Waals surface area contributed by atoms with E-state index in [1.54, 1.807) is 13.0 Å². The number of anilines is 1. The van der Waals surface area contributed by atoms with Crippen LogP contribution in [0.5, 0.6) is 5.75 Å². The molecule has 0 spiro atoms. The zero-order valence-corrected chi connectivity index (χ0v) is 15.0. The first-order valence-electron chi connectivity index (χ1n) is 7.11. The summed E-state index contributed by atoms with van der Waals surface area (Å²) in [5.74, 6) is 1.23. The third-order valence-electron chi connectivity index (χ3n) is 2.98. The Morgan fingerprint density at radius 3 is 3.00 bits per heavy atom. The smallest absolute Gasteiger partial charge is 0.266 e. The molecule has 5 nitrogen and oxygen atoms in total. The van der Waals surface area contributed by atoms with Crippen LogP contribution < -0.4 is 10.1 Å². The van der Waals surface area contributed by atoms with E-state index in [0.29, 0.717) is 10.9 Å². The molecule has 1 atom stereocenters. The van der Waals surface area contributed by atoms with Gasteiger partial charge in [0.1, 0.15) is 5.75 Å². The molecule has 0 saturated heterocycles. The highest BCUT2D eigenvalue weighted by atomic mass is 32.2. The van der Waals surface area contributed by atoms with Crippen molar-refractivity contribution in [2.24, 2.45) is 0 Å². The number of aryl methyl sites for hydroxylation is 2. The number of aromatic nitrogens is 2. The molecular weight excluding hydrogens is 330 g/mol. The molecule has 0 radical (unpaired) electrons.